The zero-order valence-corrected chi connectivity index (χ0v) is 10.5. The summed E-state index contributed by atoms with van der Waals surface area (Å²) in [6.45, 7) is 0.901. The number of aromatic hydroxyl groups is 1. The zero-order valence-electron chi connectivity index (χ0n) is 10.5. The quantitative estimate of drug-likeness (QED) is 0.842. The largest absolute Gasteiger partial charge is 0.508 e. The molecule has 1 saturated carbocycles. The summed E-state index contributed by atoms with van der Waals surface area (Å²) in [6, 6.07) is 8.23. The molecular formula is C14H22N2O. The van der Waals surface area contributed by atoms with Crippen molar-refractivity contribution in [1.29, 1.82) is 0 Å². The highest BCUT2D eigenvalue weighted by atomic mass is 16.3. The average molecular weight is 234 g/mol. The first-order chi connectivity index (χ1) is 8.16. The minimum absolute atomic E-state index is 0.311. The molecule has 1 aromatic carbocycles. The Hall–Kier alpha value is -1.06. The second kappa shape index (κ2) is 5.52. The van der Waals surface area contributed by atoms with E-state index in [-0.39, 0.29) is 0 Å². The zero-order chi connectivity index (χ0) is 12.3. The number of phenolic OH excluding ortho intramolecular Hbond substituents is 1. The molecule has 2 rings (SSSR count). The Balaban J connectivity index is 1.95. The van der Waals surface area contributed by atoms with Gasteiger partial charge in [0.1, 0.15) is 5.75 Å². The predicted octanol–water partition coefficient (Wildman–Crippen LogP) is 2.09. The maximum absolute atomic E-state index is 9.25. The van der Waals surface area contributed by atoms with E-state index in [1.165, 1.54) is 24.8 Å². The van der Waals surface area contributed by atoms with Crippen molar-refractivity contribution < 1.29 is 5.11 Å². The van der Waals surface area contributed by atoms with Gasteiger partial charge in [-0.15, -0.1) is 0 Å². The maximum Gasteiger partial charge on any atom is 0.115 e. The van der Waals surface area contributed by atoms with Crippen LogP contribution in [0.5, 0.6) is 5.75 Å². The average Bonchev–Trinajstić information content (AvgIpc) is 2.32. The van der Waals surface area contributed by atoms with E-state index in [9.17, 15) is 5.11 Å². The van der Waals surface area contributed by atoms with E-state index in [2.05, 4.69) is 11.9 Å². The van der Waals surface area contributed by atoms with E-state index in [0.717, 1.165) is 13.0 Å². The Labute approximate surface area is 103 Å². The van der Waals surface area contributed by atoms with Gasteiger partial charge in [-0.25, -0.2) is 0 Å². The summed E-state index contributed by atoms with van der Waals surface area (Å²) in [4.78, 5) is 2.34. The van der Waals surface area contributed by atoms with E-state index in [1.54, 1.807) is 12.1 Å². The predicted molar refractivity (Wildman–Crippen MR) is 69.8 cm³/mol. The van der Waals surface area contributed by atoms with Gasteiger partial charge in [0.05, 0.1) is 0 Å². The fourth-order valence-corrected chi connectivity index (χ4v) is 2.69. The number of nitrogens with zero attached hydrogens (tertiary/aromatic N) is 1. The van der Waals surface area contributed by atoms with Gasteiger partial charge in [0, 0.05) is 18.6 Å². The Morgan fingerprint density at radius 3 is 2.53 bits per heavy atom. The highest BCUT2D eigenvalue weighted by Gasteiger charge is 2.25. The Morgan fingerprint density at radius 2 is 1.88 bits per heavy atom. The highest BCUT2D eigenvalue weighted by molar-refractivity contribution is 5.25. The van der Waals surface area contributed by atoms with Crippen LogP contribution in [0.1, 0.15) is 31.2 Å². The number of nitrogens with two attached hydrogens (primary N) is 1. The van der Waals surface area contributed by atoms with Crippen LogP contribution in [0, 0.1) is 0 Å². The number of likely N-dealkylation sites (N-methyl/N-ethyl adjacent to an activating group) is 1. The molecule has 0 radical (unpaired) electrons. The Bertz CT molecular complexity index is 350. The summed E-state index contributed by atoms with van der Waals surface area (Å²) >= 11 is 0. The van der Waals surface area contributed by atoms with Crippen molar-refractivity contribution in [3.63, 3.8) is 0 Å². The lowest BCUT2D eigenvalue weighted by atomic mass is 9.90. The summed E-state index contributed by atoms with van der Waals surface area (Å²) in [5.41, 5.74) is 7.40. The molecule has 2 unspecified atom stereocenters. The van der Waals surface area contributed by atoms with Crippen molar-refractivity contribution in [3.05, 3.63) is 29.8 Å². The third kappa shape index (κ3) is 3.20. The van der Waals surface area contributed by atoms with E-state index >= 15 is 0 Å². The molecule has 3 heteroatoms. The highest BCUT2D eigenvalue weighted by Crippen LogP contribution is 2.22. The van der Waals surface area contributed by atoms with E-state index < -0.39 is 0 Å². The van der Waals surface area contributed by atoms with Crippen LogP contribution in [-0.4, -0.2) is 29.1 Å². The lowest BCUT2D eigenvalue weighted by Gasteiger charge is -2.36. The van der Waals surface area contributed by atoms with Gasteiger partial charge in [-0.3, -0.25) is 4.90 Å². The number of rotatable bonds is 3. The van der Waals surface area contributed by atoms with Crippen LogP contribution < -0.4 is 5.73 Å². The molecule has 0 amide bonds. The molecule has 3 nitrogen and oxygen atoms in total. The molecule has 17 heavy (non-hydrogen) atoms. The molecule has 2 atom stereocenters. The number of hydrogen-bond acceptors (Lipinski definition) is 3. The lowest BCUT2D eigenvalue weighted by Crippen LogP contribution is -2.47. The number of hydrogen-bond donors (Lipinski definition) is 2. The van der Waals surface area contributed by atoms with Crippen LogP contribution in [0.2, 0.25) is 0 Å². The minimum atomic E-state index is 0.311. The second-order valence-electron chi connectivity index (χ2n) is 5.10. The normalized spacial score (nSPS) is 25.1. The first-order valence-electron chi connectivity index (χ1n) is 6.40. The summed E-state index contributed by atoms with van der Waals surface area (Å²) < 4.78 is 0. The number of benzene rings is 1. The lowest BCUT2D eigenvalue weighted by molar-refractivity contribution is 0.162. The van der Waals surface area contributed by atoms with E-state index in [0.29, 0.717) is 17.8 Å². The first kappa shape index (κ1) is 12.4. The molecule has 0 spiro atoms. The fraction of sp³-hybridized carbons (Fsp3) is 0.571. The minimum Gasteiger partial charge on any atom is -0.508 e. The van der Waals surface area contributed by atoms with Gasteiger partial charge in [-0.1, -0.05) is 25.0 Å². The van der Waals surface area contributed by atoms with Crippen molar-refractivity contribution in [2.24, 2.45) is 5.73 Å². The molecule has 0 heterocycles. The first-order valence-corrected chi connectivity index (χ1v) is 6.40. The summed E-state index contributed by atoms with van der Waals surface area (Å²) in [6.07, 6.45) is 4.91. The van der Waals surface area contributed by atoms with Crippen LogP contribution in [0.15, 0.2) is 24.3 Å². The second-order valence-corrected chi connectivity index (χ2v) is 5.10. The third-order valence-corrected chi connectivity index (χ3v) is 3.72. The van der Waals surface area contributed by atoms with Gasteiger partial charge in [-0.2, -0.15) is 0 Å². The van der Waals surface area contributed by atoms with Gasteiger partial charge in [-0.05, 0) is 37.6 Å². The smallest absolute Gasteiger partial charge is 0.115 e. The Morgan fingerprint density at radius 1 is 1.24 bits per heavy atom. The molecule has 1 fully saturated rings. The monoisotopic (exact) mass is 234 g/mol. The van der Waals surface area contributed by atoms with Crippen molar-refractivity contribution in [1.82, 2.24) is 4.90 Å². The molecular weight excluding hydrogens is 212 g/mol. The summed E-state index contributed by atoms with van der Waals surface area (Å²) in [5, 5.41) is 9.25. The molecule has 0 aromatic heterocycles. The van der Waals surface area contributed by atoms with Gasteiger partial charge in [0.15, 0.2) is 0 Å². The SMILES string of the molecule is CN(Cc1ccc(O)cc1)C1CCCCC1N. The molecule has 1 aromatic rings. The van der Waals surface area contributed by atoms with Crippen LogP contribution in [0.4, 0.5) is 0 Å². The third-order valence-electron chi connectivity index (χ3n) is 3.72. The van der Waals surface area contributed by atoms with Crippen molar-refractivity contribution >= 4 is 0 Å². The van der Waals surface area contributed by atoms with Crippen molar-refractivity contribution in [2.75, 3.05) is 7.05 Å². The van der Waals surface area contributed by atoms with Gasteiger partial charge >= 0.3 is 0 Å². The van der Waals surface area contributed by atoms with E-state index in [4.69, 9.17) is 5.73 Å². The molecule has 0 saturated heterocycles. The molecule has 1 aliphatic carbocycles. The topological polar surface area (TPSA) is 49.5 Å². The summed E-state index contributed by atoms with van der Waals surface area (Å²) in [7, 11) is 2.14. The molecule has 0 bridgehead atoms. The summed E-state index contributed by atoms with van der Waals surface area (Å²) in [5.74, 6) is 0.325. The van der Waals surface area contributed by atoms with Crippen LogP contribution in [0.3, 0.4) is 0 Å². The molecule has 0 aliphatic heterocycles. The maximum atomic E-state index is 9.25. The van der Waals surface area contributed by atoms with Crippen LogP contribution in [-0.2, 0) is 6.54 Å². The van der Waals surface area contributed by atoms with Gasteiger partial charge in [0.25, 0.3) is 0 Å². The molecule has 1 aliphatic rings. The Kier molecular flexibility index (Phi) is 4.02. The molecule has 3 N–H and O–H groups in total. The standard InChI is InChI=1S/C14H22N2O/c1-16(14-5-3-2-4-13(14)15)10-11-6-8-12(17)9-7-11/h6-9,13-14,17H,2-5,10,15H2,1H3. The van der Waals surface area contributed by atoms with Crippen molar-refractivity contribution in [2.45, 2.75) is 44.3 Å². The number of phenols is 1. The molecule has 94 valence electrons. The van der Waals surface area contributed by atoms with E-state index in [1.807, 2.05) is 12.1 Å². The van der Waals surface area contributed by atoms with Crippen LogP contribution in [0.25, 0.3) is 0 Å². The van der Waals surface area contributed by atoms with Gasteiger partial charge < -0.3 is 10.8 Å². The van der Waals surface area contributed by atoms with Crippen LogP contribution >= 0.6 is 0 Å². The fourth-order valence-electron chi connectivity index (χ4n) is 2.69. The van der Waals surface area contributed by atoms with Crippen molar-refractivity contribution in [3.8, 4) is 5.75 Å². The van der Waals surface area contributed by atoms with Gasteiger partial charge in [0.2, 0.25) is 0 Å².